The number of methoxy groups -OCH3 is 1. The van der Waals surface area contributed by atoms with Crippen molar-refractivity contribution in [1.29, 1.82) is 0 Å². The highest BCUT2D eigenvalue weighted by Gasteiger charge is 2.19. The molecule has 2 nitrogen and oxygen atoms in total. The molecule has 0 fully saturated rings. The maximum atomic E-state index is 6.51. The molecule has 0 aliphatic carbocycles. The second kappa shape index (κ2) is 5.98. The minimum absolute atomic E-state index is 0.192. The molecule has 0 saturated carbocycles. The highest BCUT2D eigenvalue weighted by Crippen LogP contribution is 2.34. The van der Waals surface area contributed by atoms with Crippen LogP contribution in [0.5, 0.6) is 5.75 Å². The van der Waals surface area contributed by atoms with E-state index in [2.05, 4.69) is 54.9 Å². The molecule has 0 saturated heterocycles. The minimum Gasteiger partial charge on any atom is -0.496 e. The minimum atomic E-state index is -0.192. The van der Waals surface area contributed by atoms with Crippen LogP contribution in [0.1, 0.15) is 33.9 Å². The summed E-state index contributed by atoms with van der Waals surface area (Å²) in [6.45, 7) is 6.23. The van der Waals surface area contributed by atoms with Crippen molar-refractivity contribution < 1.29 is 4.74 Å². The summed E-state index contributed by atoms with van der Waals surface area (Å²) < 4.78 is 6.57. The summed E-state index contributed by atoms with van der Waals surface area (Å²) >= 11 is 3.52. The van der Waals surface area contributed by atoms with Crippen LogP contribution in [-0.4, -0.2) is 7.11 Å². The third-order valence-corrected chi connectivity index (χ3v) is 4.09. The molecule has 0 aliphatic rings. The van der Waals surface area contributed by atoms with Crippen LogP contribution < -0.4 is 10.5 Å². The fourth-order valence-electron chi connectivity index (χ4n) is 2.61. The van der Waals surface area contributed by atoms with Gasteiger partial charge in [0.15, 0.2) is 0 Å². The van der Waals surface area contributed by atoms with E-state index in [1.165, 1.54) is 11.1 Å². The van der Waals surface area contributed by atoms with E-state index in [0.29, 0.717) is 0 Å². The highest BCUT2D eigenvalue weighted by atomic mass is 79.9. The Morgan fingerprint density at radius 1 is 1.05 bits per heavy atom. The van der Waals surface area contributed by atoms with Gasteiger partial charge in [-0.05, 0) is 61.2 Å². The van der Waals surface area contributed by atoms with Crippen molar-refractivity contribution in [3.8, 4) is 5.75 Å². The lowest BCUT2D eigenvalue weighted by atomic mass is 9.91. The van der Waals surface area contributed by atoms with Gasteiger partial charge in [-0.25, -0.2) is 0 Å². The average molecular weight is 334 g/mol. The van der Waals surface area contributed by atoms with Gasteiger partial charge in [-0.3, -0.25) is 0 Å². The molecule has 0 spiro atoms. The standard InChI is InChI=1S/C17H20BrNO/c1-10-7-12(3)16(15(8-10)20-4)17(19)14-9-13(18)6-5-11(14)2/h5-9,17H,19H2,1-4H3. The van der Waals surface area contributed by atoms with Crippen LogP contribution in [0, 0.1) is 20.8 Å². The zero-order chi connectivity index (χ0) is 14.9. The molecule has 0 bridgehead atoms. The number of rotatable bonds is 3. The van der Waals surface area contributed by atoms with Gasteiger partial charge in [-0.1, -0.05) is 28.1 Å². The van der Waals surface area contributed by atoms with Crippen LogP contribution in [-0.2, 0) is 0 Å². The van der Waals surface area contributed by atoms with Gasteiger partial charge in [0.2, 0.25) is 0 Å². The van der Waals surface area contributed by atoms with Crippen molar-refractivity contribution in [2.45, 2.75) is 26.8 Å². The number of ether oxygens (including phenoxy) is 1. The quantitative estimate of drug-likeness (QED) is 0.901. The van der Waals surface area contributed by atoms with Crippen molar-refractivity contribution >= 4 is 15.9 Å². The fourth-order valence-corrected chi connectivity index (χ4v) is 2.99. The number of halogens is 1. The van der Waals surface area contributed by atoms with Gasteiger partial charge in [0, 0.05) is 10.0 Å². The second-order valence-electron chi connectivity index (χ2n) is 5.18. The van der Waals surface area contributed by atoms with Crippen LogP contribution in [0.25, 0.3) is 0 Å². The zero-order valence-corrected chi connectivity index (χ0v) is 13.9. The molecule has 1 atom stereocenters. The predicted molar refractivity (Wildman–Crippen MR) is 87.4 cm³/mol. The maximum Gasteiger partial charge on any atom is 0.124 e. The van der Waals surface area contributed by atoms with E-state index in [1.54, 1.807) is 7.11 Å². The summed E-state index contributed by atoms with van der Waals surface area (Å²) in [5, 5.41) is 0. The van der Waals surface area contributed by atoms with Crippen molar-refractivity contribution in [3.05, 3.63) is 62.6 Å². The molecule has 2 N–H and O–H groups in total. The topological polar surface area (TPSA) is 35.2 Å². The van der Waals surface area contributed by atoms with Crippen LogP contribution in [0.15, 0.2) is 34.8 Å². The highest BCUT2D eigenvalue weighted by molar-refractivity contribution is 9.10. The maximum absolute atomic E-state index is 6.51. The molecule has 3 heteroatoms. The van der Waals surface area contributed by atoms with Crippen molar-refractivity contribution in [2.24, 2.45) is 5.73 Å². The molecule has 106 valence electrons. The third kappa shape index (κ3) is 2.89. The average Bonchev–Trinajstić information content (AvgIpc) is 2.40. The van der Waals surface area contributed by atoms with Crippen LogP contribution >= 0.6 is 15.9 Å². The Morgan fingerprint density at radius 3 is 2.40 bits per heavy atom. The molecule has 0 amide bonds. The van der Waals surface area contributed by atoms with E-state index in [9.17, 15) is 0 Å². The van der Waals surface area contributed by atoms with E-state index in [1.807, 2.05) is 12.1 Å². The fraction of sp³-hybridized carbons (Fsp3) is 0.294. The van der Waals surface area contributed by atoms with Gasteiger partial charge >= 0.3 is 0 Å². The Morgan fingerprint density at radius 2 is 1.75 bits per heavy atom. The molecular weight excluding hydrogens is 314 g/mol. The summed E-state index contributed by atoms with van der Waals surface area (Å²) in [6, 6.07) is 10.2. The van der Waals surface area contributed by atoms with Crippen LogP contribution in [0.2, 0.25) is 0 Å². The largest absolute Gasteiger partial charge is 0.496 e. The lowest BCUT2D eigenvalue weighted by molar-refractivity contribution is 0.407. The van der Waals surface area contributed by atoms with Gasteiger partial charge in [0.1, 0.15) is 5.75 Å². The Balaban J connectivity index is 2.58. The normalized spacial score (nSPS) is 12.3. The van der Waals surface area contributed by atoms with E-state index in [0.717, 1.165) is 26.9 Å². The molecule has 0 radical (unpaired) electrons. The summed E-state index contributed by atoms with van der Waals surface area (Å²) in [7, 11) is 1.69. The SMILES string of the molecule is COc1cc(C)cc(C)c1C(N)c1cc(Br)ccc1C. The lowest BCUT2D eigenvalue weighted by Gasteiger charge is -2.21. The van der Waals surface area contributed by atoms with Crippen molar-refractivity contribution in [3.63, 3.8) is 0 Å². The molecule has 0 heterocycles. The number of aryl methyl sites for hydroxylation is 3. The van der Waals surface area contributed by atoms with Crippen molar-refractivity contribution in [1.82, 2.24) is 0 Å². The first-order chi connectivity index (χ1) is 9.43. The van der Waals surface area contributed by atoms with Gasteiger partial charge in [-0.2, -0.15) is 0 Å². The Bertz CT molecular complexity index is 637. The van der Waals surface area contributed by atoms with Crippen molar-refractivity contribution in [2.75, 3.05) is 7.11 Å². The summed E-state index contributed by atoms with van der Waals surface area (Å²) in [5.41, 5.74) is 12.2. The number of hydrogen-bond acceptors (Lipinski definition) is 2. The molecule has 20 heavy (non-hydrogen) atoms. The third-order valence-electron chi connectivity index (χ3n) is 3.60. The zero-order valence-electron chi connectivity index (χ0n) is 12.3. The van der Waals surface area contributed by atoms with Crippen LogP contribution in [0.4, 0.5) is 0 Å². The summed E-state index contributed by atoms with van der Waals surface area (Å²) in [6.07, 6.45) is 0. The molecule has 2 aromatic rings. The molecular formula is C17H20BrNO. The van der Waals surface area contributed by atoms with Gasteiger partial charge in [0.25, 0.3) is 0 Å². The molecule has 0 aromatic heterocycles. The number of benzene rings is 2. The lowest BCUT2D eigenvalue weighted by Crippen LogP contribution is -2.16. The molecule has 2 rings (SSSR count). The first-order valence-corrected chi connectivity index (χ1v) is 7.40. The van der Waals surface area contributed by atoms with E-state index in [4.69, 9.17) is 10.5 Å². The van der Waals surface area contributed by atoms with Gasteiger partial charge in [0.05, 0.1) is 13.2 Å². The Kier molecular flexibility index (Phi) is 4.51. The monoisotopic (exact) mass is 333 g/mol. The van der Waals surface area contributed by atoms with Gasteiger partial charge in [-0.15, -0.1) is 0 Å². The second-order valence-corrected chi connectivity index (χ2v) is 6.09. The van der Waals surface area contributed by atoms with E-state index >= 15 is 0 Å². The summed E-state index contributed by atoms with van der Waals surface area (Å²) in [5.74, 6) is 0.856. The Hall–Kier alpha value is -1.32. The van der Waals surface area contributed by atoms with Gasteiger partial charge < -0.3 is 10.5 Å². The molecule has 2 aromatic carbocycles. The molecule has 0 aliphatic heterocycles. The number of nitrogens with two attached hydrogens (primary N) is 1. The smallest absolute Gasteiger partial charge is 0.124 e. The summed E-state index contributed by atoms with van der Waals surface area (Å²) in [4.78, 5) is 0. The predicted octanol–water partition coefficient (Wildman–Crippen LogP) is 4.43. The Labute approximate surface area is 129 Å². The van der Waals surface area contributed by atoms with E-state index < -0.39 is 0 Å². The van der Waals surface area contributed by atoms with Crippen LogP contribution in [0.3, 0.4) is 0 Å². The number of hydrogen-bond donors (Lipinski definition) is 1. The first-order valence-electron chi connectivity index (χ1n) is 6.60. The first kappa shape index (κ1) is 15.1. The molecule has 1 unspecified atom stereocenters. The van der Waals surface area contributed by atoms with E-state index in [-0.39, 0.29) is 6.04 Å².